The van der Waals surface area contributed by atoms with Gasteiger partial charge in [0.05, 0.1) is 12.6 Å². The highest BCUT2D eigenvalue weighted by molar-refractivity contribution is 5.85. The molecule has 23 heavy (non-hydrogen) atoms. The van der Waals surface area contributed by atoms with Gasteiger partial charge in [-0.05, 0) is 12.1 Å². The average molecular weight is 318 g/mol. The molecule has 2 rings (SSSR count). The third kappa shape index (κ3) is 5.16. The molecule has 120 valence electrons. The Balaban J connectivity index is 1.93. The van der Waals surface area contributed by atoms with Crippen molar-refractivity contribution in [2.45, 2.75) is 6.42 Å². The van der Waals surface area contributed by atoms with Crippen LogP contribution in [0.15, 0.2) is 40.2 Å². The van der Waals surface area contributed by atoms with E-state index in [2.05, 4.69) is 20.7 Å². The Labute approximate surface area is 130 Å². The fourth-order valence-electron chi connectivity index (χ4n) is 1.71. The number of carbonyl (C=O) groups is 2. The van der Waals surface area contributed by atoms with Crippen molar-refractivity contribution in [2.75, 3.05) is 6.61 Å². The second-order valence-electron chi connectivity index (χ2n) is 4.47. The minimum absolute atomic E-state index is 0.0345. The van der Waals surface area contributed by atoms with Gasteiger partial charge in [0.25, 0.3) is 5.56 Å². The highest BCUT2D eigenvalue weighted by Gasteiger charge is 2.05. The largest absolute Gasteiger partial charge is 0.481 e. The lowest BCUT2D eigenvalue weighted by atomic mass is 10.2. The number of carbonyl (C=O) groups excluding carboxylic acids is 1. The Bertz CT molecular complexity index is 777. The summed E-state index contributed by atoms with van der Waals surface area (Å²) in [7, 11) is 0. The van der Waals surface area contributed by atoms with E-state index < -0.39 is 18.5 Å². The number of H-pyrrole nitrogens is 2. The lowest BCUT2D eigenvalue weighted by Gasteiger charge is -2.06. The maximum absolute atomic E-state index is 11.6. The Morgan fingerprint density at radius 3 is 2.78 bits per heavy atom. The number of aromatic amines is 2. The summed E-state index contributed by atoms with van der Waals surface area (Å²) in [6, 6.07) is 7.95. The first-order chi connectivity index (χ1) is 11.0. The molecule has 4 N–H and O–H groups in total. The first kappa shape index (κ1) is 16.0. The van der Waals surface area contributed by atoms with Gasteiger partial charge in [-0.3, -0.25) is 14.7 Å². The molecule has 0 spiro atoms. The smallest absolute Gasteiger partial charge is 0.341 e. The van der Waals surface area contributed by atoms with E-state index in [0.29, 0.717) is 17.0 Å². The number of carboxylic acids is 1. The van der Waals surface area contributed by atoms with E-state index in [1.54, 1.807) is 24.3 Å². The van der Waals surface area contributed by atoms with Gasteiger partial charge in [-0.15, -0.1) is 0 Å². The van der Waals surface area contributed by atoms with Crippen LogP contribution in [-0.4, -0.2) is 40.0 Å². The summed E-state index contributed by atoms with van der Waals surface area (Å²) in [4.78, 5) is 33.1. The lowest BCUT2D eigenvalue weighted by Crippen LogP contribution is -2.20. The monoisotopic (exact) mass is 318 g/mol. The fourth-order valence-corrected chi connectivity index (χ4v) is 1.71. The lowest BCUT2D eigenvalue weighted by molar-refractivity contribution is -0.139. The fraction of sp³-hybridized carbons (Fsp3) is 0.143. The van der Waals surface area contributed by atoms with E-state index >= 15 is 0 Å². The summed E-state index contributed by atoms with van der Waals surface area (Å²) in [6.07, 6.45) is 1.31. The van der Waals surface area contributed by atoms with Crippen LogP contribution in [0.4, 0.5) is 0 Å². The molecule has 0 fully saturated rings. The van der Waals surface area contributed by atoms with Crippen molar-refractivity contribution in [3.8, 4) is 5.75 Å². The molecular weight excluding hydrogens is 304 g/mol. The van der Waals surface area contributed by atoms with Crippen LogP contribution in [0.5, 0.6) is 5.75 Å². The van der Waals surface area contributed by atoms with Crippen molar-refractivity contribution >= 4 is 18.1 Å². The summed E-state index contributed by atoms with van der Waals surface area (Å²) in [5, 5.41) is 17.3. The SMILES string of the molecule is O=C(O)COc1ccccc1/C=N\NC(=O)Cc1cc(=O)[nH][nH]1. The Morgan fingerprint density at radius 1 is 1.30 bits per heavy atom. The number of hydrazone groups is 1. The summed E-state index contributed by atoms with van der Waals surface area (Å²) in [6.45, 7) is -0.474. The van der Waals surface area contributed by atoms with Gasteiger partial charge in [0, 0.05) is 17.3 Å². The van der Waals surface area contributed by atoms with E-state index in [9.17, 15) is 14.4 Å². The van der Waals surface area contributed by atoms with Gasteiger partial charge in [-0.25, -0.2) is 10.2 Å². The van der Waals surface area contributed by atoms with Gasteiger partial charge >= 0.3 is 5.97 Å². The highest BCUT2D eigenvalue weighted by atomic mass is 16.5. The maximum Gasteiger partial charge on any atom is 0.341 e. The zero-order valence-electron chi connectivity index (χ0n) is 11.9. The van der Waals surface area contributed by atoms with Crippen molar-refractivity contribution in [3.05, 3.63) is 51.9 Å². The van der Waals surface area contributed by atoms with Gasteiger partial charge in [0.1, 0.15) is 5.75 Å². The molecular formula is C14H14N4O5. The molecule has 0 aliphatic heterocycles. The molecule has 0 saturated heterocycles. The molecule has 1 heterocycles. The molecule has 2 aromatic rings. The zero-order chi connectivity index (χ0) is 16.7. The number of nitrogens with one attached hydrogen (secondary N) is 3. The minimum atomic E-state index is -1.09. The standard InChI is InChI=1S/C14H14N4O5/c19-12(5-10-6-13(20)18-16-10)17-15-7-9-3-1-2-4-11(9)23-8-14(21)22/h1-4,6-7H,5,8H2,(H,17,19)(H,21,22)(H2,16,18,20)/b15-7-. The number of carboxylic acid groups (broad SMARTS) is 1. The van der Waals surface area contributed by atoms with Gasteiger partial charge in [-0.1, -0.05) is 12.1 Å². The van der Waals surface area contributed by atoms with Crippen molar-refractivity contribution in [1.29, 1.82) is 0 Å². The molecule has 0 bridgehead atoms. The molecule has 0 atom stereocenters. The molecule has 1 amide bonds. The van der Waals surface area contributed by atoms with Crippen LogP contribution in [0.1, 0.15) is 11.3 Å². The summed E-state index contributed by atoms with van der Waals surface area (Å²) in [5.74, 6) is -1.17. The van der Waals surface area contributed by atoms with Gasteiger partial charge in [0.2, 0.25) is 5.91 Å². The molecule has 1 aromatic carbocycles. The van der Waals surface area contributed by atoms with Gasteiger partial charge in [-0.2, -0.15) is 5.10 Å². The quantitative estimate of drug-likeness (QED) is 0.416. The number of rotatable bonds is 7. The van der Waals surface area contributed by atoms with Crippen molar-refractivity contribution in [3.63, 3.8) is 0 Å². The molecule has 9 heteroatoms. The molecule has 0 aliphatic rings. The van der Waals surface area contributed by atoms with E-state index in [1.165, 1.54) is 12.3 Å². The Kier molecular flexibility index (Phi) is 5.29. The molecule has 9 nitrogen and oxygen atoms in total. The van der Waals surface area contributed by atoms with Gasteiger partial charge < -0.3 is 14.9 Å². The average Bonchev–Trinajstić information content (AvgIpc) is 2.91. The Hall–Kier alpha value is -3.36. The van der Waals surface area contributed by atoms with Crippen LogP contribution in [0.2, 0.25) is 0 Å². The predicted octanol–water partition coefficient (Wildman–Crippen LogP) is -0.141. The topological polar surface area (TPSA) is 137 Å². The predicted molar refractivity (Wildman–Crippen MR) is 80.4 cm³/mol. The molecule has 1 aromatic heterocycles. The van der Waals surface area contributed by atoms with Crippen molar-refractivity contribution in [2.24, 2.45) is 5.10 Å². The van der Waals surface area contributed by atoms with Crippen LogP contribution in [0, 0.1) is 0 Å². The molecule has 0 saturated carbocycles. The van der Waals surface area contributed by atoms with E-state index in [-0.39, 0.29) is 12.0 Å². The maximum atomic E-state index is 11.6. The molecule has 0 aliphatic carbocycles. The summed E-state index contributed by atoms with van der Waals surface area (Å²) < 4.78 is 5.11. The number of benzene rings is 1. The number of hydrogen-bond donors (Lipinski definition) is 4. The van der Waals surface area contributed by atoms with Crippen molar-refractivity contribution < 1.29 is 19.4 Å². The minimum Gasteiger partial charge on any atom is -0.481 e. The summed E-state index contributed by atoms with van der Waals surface area (Å²) in [5.41, 5.74) is 2.94. The first-order valence-electron chi connectivity index (χ1n) is 6.56. The van der Waals surface area contributed by atoms with E-state index in [1.807, 2.05) is 0 Å². The number of para-hydroxylation sites is 1. The number of nitrogens with zero attached hydrogens (tertiary/aromatic N) is 1. The normalized spacial score (nSPS) is 10.6. The van der Waals surface area contributed by atoms with Gasteiger partial charge in [0.15, 0.2) is 6.61 Å². The number of hydrogen-bond acceptors (Lipinski definition) is 5. The summed E-state index contributed by atoms with van der Waals surface area (Å²) >= 11 is 0. The van der Waals surface area contributed by atoms with Crippen LogP contribution in [0.3, 0.4) is 0 Å². The van der Waals surface area contributed by atoms with Crippen LogP contribution in [0.25, 0.3) is 0 Å². The van der Waals surface area contributed by atoms with Crippen molar-refractivity contribution in [1.82, 2.24) is 15.6 Å². The number of amides is 1. The van der Waals surface area contributed by atoms with Crippen LogP contribution >= 0.6 is 0 Å². The Morgan fingerprint density at radius 2 is 2.09 bits per heavy atom. The third-order valence-corrected chi connectivity index (χ3v) is 2.67. The van der Waals surface area contributed by atoms with Crippen LogP contribution < -0.4 is 15.7 Å². The molecule has 0 unspecified atom stereocenters. The number of aliphatic carboxylic acids is 1. The zero-order valence-corrected chi connectivity index (χ0v) is 11.9. The number of aromatic nitrogens is 2. The van der Waals surface area contributed by atoms with E-state index in [4.69, 9.17) is 9.84 Å². The highest BCUT2D eigenvalue weighted by Crippen LogP contribution is 2.15. The second kappa shape index (κ2) is 7.59. The first-order valence-corrected chi connectivity index (χ1v) is 6.56. The molecule has 0 radical (unpaired) electrons. The number of ether oxygens (including phenoxy) is 1. The third-order valence-electron chi connectivity index (χ3n) is 2.67. The van der Waals surface area contributed by atoms with Crippen LogP contribution in [-0.2, 0) is 16.0 Å². The van der Waals surface area contributed by atoms with E-state index in [0.717, 1.165) is 0 Å². The second-order valence-corrected chi connectivity index (χ2v) is 4.47.